The summed E-state index contributed by atoms with van der Waals surface area (Å²) in [5, 5.41) is 3.10. The van der Waals surface area contributed by atoms with Gasteiger partial charge < -0.3 is 14.5 Å². The first-order valence-electron chi connectivity index (χ1n) is 4.05. The molecular weight excluding hydrogens is 154 g/mol. The Balaban J connectivity index is 2.53. The highest BCUT2D eigenvalue weighted by Crippen LogP contribution is 2.15. The summed E-state index contributed by atoms with van der Waals surface area (Å²) in [5.74, 6) is 1.29. The van der Waals surface area contributed by atoms with Crippen molar-refractivity contribution in [2.24, 2.45) is 0 Å². The standard InChI is InChI=1S/C9H15NO2/c1-10-6-8(7-11-2)9-4-3-5-12-9/h3-5,8,10H,6-7H2,1-2H3/t8-/m1/s1. The third kappa shape index (κ3) is 2.36. The lowest BCUT2D eigenvalue weighted by atomic mass is 10.1. The Kier molecular flexibility index (Phi) is 3.84. The average Bonchev–Trinajstić information content (AvgIpc) is 2.56. The van der Waals surface area contributed by atoms with Crippen LogP contribution in [0.2, 0.25) is 0 Å². The summed E-state index contributed by atoms with van der Waals surface area (Å²) in [5.41, 5.74) is 0. The molecule has 0 aliphatic heterocycles. The maximum absolute atomic E-state index is 5.28. The first-order valence-corrected chi connectivity index (χ1v) is 4.05. The number of rotatable bonds is 5. The maximum atomic E-state index is 5.28. The van der Waals surface area contributed by atoms with Crippen molar-refractivity contribution in [3.63, 3.8) is 0 Å². The molecule has 0 fully saturated rings. The minimum Gasteiger partial charge on any atom is -0.469 e. The third-order valence-electron chi connectivity index (χ3n) is 1.76. The summed E-state index contributed by atoms with van der Waals surface area (Å²) in [4.78, 5) is 0. The van der Waals surface area contributed by atoms with E-state index in [-0.39, 0.29) is 0 Å². The van der Waals surface area contributed by atoms with Crippen LogP contribution in [0.1, 0.15) is 11.7 Å². The minimum absolute atomic E-state index is 0.315. The molecule has 0 saturated heterocycles. The van der Waals surface area contributed by atoms with Gasteiger partial charge in [-0.15, -0.1) is 0 Å². The van der Waals surface area contributed by atoms with Crippen LogP contribution < -0.4 is 5.32 Å². The second kappa shape index (κ2) is 4.95. The van der Waals surface area contributed by atoms with E-state index in [9.17, 15) is 0 Å². The van der Waals surface area contributed by atoms with Crippen LogP contribution in [0.4, 0.5) is 0 Å². The third-order valence-corrected chi connectivity index (χ3v) is 1.76. The van der Waals surface area contributed by atoms with Gasteiger partial charge in [-0.2, -0.15) is 0 Å². The normalized spacial score (nSPS) is 13.2. The molecule has 68 valence electrons. The molecule has 1 aromatic heterocycles. The predicted molar refractivity (Wildman–Crippen MR) is 47.3 cm³/mol. The fraction of sp³-hybridized carbons (Fsp3) is 0.556. The van der Waals surface area contributed by atoms with Crippen molar-refractivity contribution in [3.05, 3.63) is 24.2 Å². The van der Waals surface area contributed by atoms with Crippen molar-refractivity contribution in [1.29, 1.82) is 0 Å². The van der Waals surface area contributed by atoms with E-state index in [0.717, 1.165) is 12.3 Å². The van der Waals surface area contributed by atoms with Crippen LogP contribution in [0, 0.1) is 0 Å². The lowest BCUT2D eigenvalue weighted by Crippen LogP contribution is -2.20. The molecule has 0 spiro atoms. The molecule has 0 unspecified atom stereocenters. The van der Waals surface area contributed by atoms with Crippen LogP contribution in [0.3, 0.4) is 0 Å². The highest BCUT2D eigenvalue weighted by molar-refractivity contribution is 5.05. The van der Waals surface area contributed by atoms with Gasteiger partial charge in [-0.25, -0.2) is 0 Å². The first-order chi connectivity index (χ1) is 5.88. The Hall–Kier alpha value is -0.800. The van der Waals surface area contributed by atoms with Crippen molar-refractivity contribution in [1.82, 2.24) is 5.32 Å². The molecule has 3 nitrogen and oxygen atoms in total. The fourth-order valence-corrected chi connectivity index (χ4v) is 1.21. The second-order valence-electron chi connectivity index (χ2n) is 2.73. The van der Waals surface area contributed by atoms with E-state index in [4.69, 9.17) is 9.15 Å². The molecule has 3 heteroatoms. The molecule has 0 radical (unpaired) electrons. The largest absolute Gasteiger partial charge is 0.469 e. The van der Waals surface area contributed by atoms with Crippen molar-refractivity contribution in [2.75, 3.05) is 27.3 Å². The van der Waals surface area contributed by atoms with Crippen LogP contribution in [-0.2, 0) is 4.74 Å². The number of likely N-dealkylation sites (N-methyl/N-ethyl adjacent to an activating group) is 1. The molecule has 0 aliphatic rings. The molecule has 12 heavy (non-hydrogen) atoms. The van der Waals surface area contributed by atoms with Gasteiger partial charge in [0.2, 0.25) is 0 Å². The molecule has 1 atom stereocenters. The molecule has 0 amide bonds. The fourth-order valence-electron chi connectivity index (χ4n) is 1.21. The number of hydrogen-bond acceptors (Lipinski definition) is 3. The van der Waals surface area contributed by atoms with E-state index in [0.29, 0.717) is 12.5 Å². The smallest absolute Gasteiger partial charge is 0.110 e. The van der Waals surface area contributed by atoms with Gasteiger partial charge in [-0.3, -0.25) is 0 Å². The highest BCUT2D eigenvalue weighted by atomic mass is 16.5. The lowest BCUT2D eigenvalue weighted by molar-refractivity contribution is 0.170. The SMILES string of the molecule is CNC[C@H](COC)c1ccco1. The molecule has 0 aromatic carbocycles. The molecular formula is C9H15NO2. The van der Waals surface area contributed by atoms with Gasteiger partial charge >= 0.3 is 0 Å². The Morgan fingerprint density at radius 3 is 3.00 bits per heavy atom. The summed E-state index contributed by atoms with van der Waals surface area (Å²) in [6, 6.07) is 3.87. The number of furan rings is 1. The van der Waals surface area contributed by atoms with Crippen LogP contribution in [0.25, 0.3) is 0 Å². The monoisotopic (exact) mass is 169 g/mol. The summed E-state index contributed by atoms with van der Waals surface area (Å²) >= 11 is 0. The number of ether oxygens (including phenoxy) is 1. The molecule has 0 bridgehead atoms. The van der Waals surface area contributed by atoms with E-state index >= 15 is 0 Å². The maximum Gasteiger partial charge on any atom is 0.110 e. The molecule has 0 saturated carbocycles. The van der Waals surface area contributed by atoms with E-state index in [1.54, 1.807) is 13.4 Å². The van der Waals surface area contributed by atoms with Gasteiger partial charge in [0.05, 0.1) is 18.8 Å². The Bertz CT molecular complexity index is 190. The summed E-state index contributed by atoms with van der Waals surface area (Å²) in [6.07, 6.45) is 1.69. The topological polar surface area (TPSA) is 34.4 Å². The summed E-state index contributed by atoms with van der Waals surface area (Å²) < 4.78 is 10.4. The van der Waals surface area contributed by atoms with Crippen LogP contribution >= 0.6 is 0 Å². The molecule has 1 heterocycles. The number of hydrogen-bond donors (Lipinski definition) is 1. The van der Waals surface area contributed by atoms with Gasteiger partial charge in [-0.1, -0.05) is 0 Å². The molecule has 1 aromatic rings. The van der Waals surface area contributed by atoms with E-state index in [2.05, 4.69) is 5.32 Å². The van der Waals surface area contributed by atoms with E-state index in [1.165, 1.54) is 0 Å². The zero-order chi connectivity index (χ0) is 8.81. The second-order valence-corrected chi connectivity index (χ2v) is 2.73. The molecule has 0 aliphatic carbocycles. The van der Waals surface area contributed by atoms with Crippen molar-refractivity contribution >= 4 is 0 Å². The molecule has 1 N–H and O–H groups in total. The Morgan fingerprint density at radius 1 is 1.67 bits per heavy atom. The van der Waals surface area contributed by atoms with Gasteiger partial charge in [0, 0.05) is 13.7 Å². The Morgan fingerprint density at radius 2 is 2.50 bits per heavy atom. The van der Waals surface area contributed by atoms with Crippen molar-refractivity contribution in [3.8, 4) is 0 Å². The van der Waals surface area contributed by atoms with Gasteiger partial charge in [0.15, 0.2) is 0 Å². The van der Waals surface area contributed by atoms with Gasteiger partial charge in [0.1, 0.15) is 5.76 Å². The zero-order valence-electron chi connectivity index (χ0n) is 7.54. The summed E-state index contributed by atoms with van der Waals surface area (Å²) in [6.45, 7) is 1.57. The average molecular weight is 169 g/mol. The van der Waals surface area contributed by atoms with Crippen molar-refractivity contribution in [2.45, 2.75) is 5.92 Å². The van der Waals surface area contributed by atoms with Crippen LogP contribution in [0.15, 0.2) is 22.8 Å². The zero-order valence-corrected chi connectivity index (χ0v) is 7.54. The number of nitrogens with one attached hydrogen (secondary N) is 1. The Labute approximate surface area is 72.7 Å². The highest BCUT2D eigenvalue weighted by Gasteiger charge is 2.12. The van der Waals surface area contributed by atoms with E-state index in [1.807, 2.05) is 19.2 Å². The lowest BCUT2D eigenvalue weighted by Gasteiger charge is -2.11. The minimum atomic E-state index is 0.315. The van der Waals surface area contributed by atoms with Crippen LogP contribution in [-0.4, -0.2) is 27.3 Å². The quantitative estimate of drug-likeness (QED) is 0.720. The van der Waals surface area contributed by atoms with E-state index < -0.39 is 0 Å². The number of methoxy groups -OCH3 is 1. The first kappa shape index (κ1) is 9.29. The molecule has 1 rings (SSSR count). The van der Waals surface area contributed by atoms with Gasteiger partial charge in [-0.05, 0) is 19.2 Å². The summed E-state index contributed by atoms with van der Waals surface area (Å²) in [7, 11) is 3.62. The predicted octanol–water partition coefficient (Wildman–Crippen LogP) is 1.23. The van der Waals surface area contributed by atoms with Crippen LogP contribution in [0.5, 0.6) is 0 Å². The van der Waals surface area contributed by atoms with Gasteiger partial charge in [0.25, 0.3) is 0 Å². The van der Waals surface area contributed by atoms with Crippen molar-refractivity contribution < 1.29 is 9.15 Å².